The van der Waals surface area contributed by atoms with Crippen molar-refractivity contribution in [2.45, 2.75) is 6.92 Å². The highest BCUT2D eigenvalue weighted by molar-refractivity contribution is 8.18. The number of hydrogen-bond donors (Lipinski definition) is 0. The number of piperazine rings is 1. The summed E-state index contributed by atoms with van der Waals surface area (Å²) in [6, 6.07) is 18.0. The molecule has 0 bridgehead atoms. The Morgan fingerprint density at radius 2 is 1.79 bits per heavy atom. The molecule has 2 aliphatic rings. The highest BCUT2D eigenvalue weighted by Crippen LogP contribution is 2.34. The quantitative estimate of drug-likeness (QED) is 0.258. The third-order valence-corrected chi connectivity index (χ3v) is 7.42. The molecule has 2 aliphatic heterocycles. The van der Waals surface area contributed by atoms with Gasteiger partial charge in [-0.3, -0.25) is 29.4 Å². The van der Waals surface area contributed by atoms with Gasteiger partial charge in [-0.1, -0.05) is 30.3 Å². The van der Waals surface area contributed by atoms with Crippen LogP contribution < -0.4 is 4.90 Å². The first-order valence-electron chi connectivity index (χ1n) is 12.0. The maximum absolute atomic E-state index is 12.9. The topological polar surface area (TPSA) is 117 Å². The first-order valence-corrected chi connectivity index (χ1v) is 12.8. The van der Waals surface area contributed by atoms with E-state index >= 15 is 0 Å². The zero-order valence-corrected chi connectivity index (χ0v) is 21.3. The smallest absolute Gasteiger partial charge is 0.294 e. The number of amides is 3. The maximum Gasteiger partial charge on any atom is 0.294 e. The van der Waals surface area contributed by atoms with Crippen molar-refractivity contribution >= 4 is 46.3 Å². The van der Waals surface area contributed by atoms with E-state index in [1.807, 2.05) is 30.3 Å². The third kappa shape index (κ3) is 5.18. The lowest BCUT2D eigenvalue weighted by molar-refractivity contribution is -0.385. The fourth-order valence-electron chi connectivity index (χ4n) is 4.40. The normalized spacial score (nSPS) is 17.0. The molecule has 3 heterocycles. The van der Waals surface area contributed by atoms with Gasteiger partial charge in [0.2, 0.25) is 5.91 Å². The molecule has 2 fully saturated rings. The second-order valence-corrected chi connectivity index (χ2v) is 9.92. The molecule has 0 saturated carbocycles. The number of nitro groups is 1. The predicted molar refractivity (Wildman–Crippen MR) is 143 cm³/mol. The highest BCUT2D eigenvalue weighted by Gasteiger charge is 2.37. The molecule has 3 aromatic rings. The van der Waals surface area contributed by atoms with E-state index in [0.29, 0.717) is 48.8 Å². The number of hydrogen-bond acceptors (Lipinski definition) is 8. The Morgan fingerprint density at radius 3 is 2.50 bits per heavy atom. The van der Waals surface area contributed by atoms with Crippen LogP contribution in [0.15, 0.2) is 70.0 Å². The van der Waals surface area contributed by atoms with Gasteiger partial charge < -0.3 is 14.2 Å². The highest BCUT2D eigenvalue weighted by atomic mass is 32.2. The van der Waals surface area contributed by atoms with E-state index in [1.165, 1.54) is 12.1 Å². The summed E-state index contributed by atoms with van der Waals surface area (Å²) < 4.78 is 5.77. The van der Waals surface area contributed by atoms with Gasteiger partial charge in [-0.2, -0.15) is 0 Å². The van der Waals surface area contributed by atoms with Crippen LogP contribution in [0.25, 0.3) is 17.4 Å². The zero-order valence-electron chi connectivity index (χ0n) is 20.5. The molecule has 0 aliphatic carbocycles. The molecular formula is C27H24N4O6S. The van der Waals surface area contributed by atoms with E-state index in [9.17, 15) is 24.5 Å². The van der Waals surface area contributed by atoms with E-state index in [1.54, 1.807) is 36.1 Å². The molecular weight excluding hydrogens is 508 g/mol. The van der Waals surface area contributed by atoms with Crippen LogP contribution in [0.2, 0.25) is 0 Å². The molecule has 38 heavy (non-hydrogen) atoms. The molecule has 10 nitrogen and oxygen atoms in total. The van der Waals surface area contributed by atoms with E-state index in [0.717, 1.165) is 22.3 Å². The van der Waals surface area contributed by atoms with Crippen molar-refractivity contribution in [2.24, 2.45) is 0 Å². The molecule has 3 amide bonds. The average molecular weight is 533 g/mol. The monoisotopic (exact) mass is 532 g/mol. The first-order chi connectivity index (χ1) is 18.3. The van der Waals surface area contributed by atoms with E-state index in [2.05, 4.69) is 4.90 Å². The van der Waals surface area contributed by atoms with Crippen LogP contribution in [0.5, 0.6) is 0 Å². The Balaban J connectivity index is 1.22. The van der Waals surface area contributed by atoms with Crippen LogP contribution in [0.3, 0.4) is 0 Å². The van der Waals surface area contributed by atoms with Crippen molar-refractivity contribution in [3.63, 3.8) is 0 Å². The molecule has 0 N–H and O–H groups in total. The van der Waals surface area contributed by atoms with Gasteiger partial charge in [-0.05, 0) is 43.0 Å². The molecule has 11 heteroatoms. The summed E-state index contributed by atoms with van der Waals surface area (Å²) in [5, 5.41) is 10.7. The molecule has 1 aromatic heterocycles. The summed E-state index contributed by atoms with van der Waals surface area (Å²) in [6.45, 7) is 3.69. The standard InChI is InChI=1S/C27H24N4O6S/c1-18-7-8-19(15-22(18)31(35)36)23-10-9-21(37-23)16-24-26(33)30(27(34)38-24)17-25(32)29-13-11-28(12-14-29)20-5-3-2-4-6-20/h2-10,15-16H,11-14,17H2,1H3/b24-16+. The fourth-order valence-corrected chi connectivity index (χ4v) is 5.22. The molecule has 5 rings (SSSR count). The van der Waals surface area contributed by atoms with Crippen molar-refractivity contribution in [1.29, 1.82) is 0 Å². The zero-order chi connectivity index (χ0) is 26.8. The number of anilines is 1. The number of furan rings is 1. The van der Waals surface area contributed by atoms with Gasteiger partial charge in [0.05, 0.1) is 9.83 Å². The Hall–Kier alpha value is -4.38. The number of imide groups is 1. The number of carbonyl (C=O) groups excluding carboxylic acids is 3. The van der Waals surface area contributed by atoms with Gasteiger partial charge in [-0.25, -0.2) is 0 Å². The van der Waals surface area contributed by atoms with Gasteiger partial charge in [0.1, 0.15) is 18.1 Å². The van der Waals surface area contributed by atoms with Crippen LogP contribution in [0, 0.1) is 17.0 Å². The van der Waals surface area contributed by atoms with Crippen molar-refractivity contribution < 1.29 is 23.7 Å². The van der Waals surface area contributed by atoms with E-state index in [4.69, 9.17) is 4.42 Å². The summed E-state index contributed by atoms with van der Waals surface area (Å²) in [5.74, 6) is -0.122. The van der Waals surface area contributed by atoms with Gasteiger partial charge in [0.25, 0.3) is 16.8 Å². The molecule has 194 valence electrons. The first kappa shape index (κ1) is 25.3. The number of thioether (sulfide) groups is 1. The van der Waals surface area contributed by atoms with Crippen LogP contribution in [0.1, 0.15) is 11.3 Å². The average Bonchev–Trinajstić information content (AvgIpc) is 3.49. The van der Waals surface area contributed by atoms with Gasteiger partial charge in [0, 0.05) is 55.1 Å². The van der Waals surface area contributed by atoms with E-state index < -0.39 is 16.1 Å². The molecule has 0 atom stereocenters. The number of aryl methyl sites for hydroxylation is 1. The van der Waals surface area contributed by atoms with Crippen molar-refractivity contribution in [3.8, 4) is 11.3 Å². The lowest BCUT2D eigenvalue weighted by Crippen LogP contribution is -2.51. The number of nitro benzene ring substituents is 1. The van der Waals surface area contributed by atoms with Gasteiger partial charge >= 0.3 is 0 Å². The number of carbonyl (C=O) groups is 3. The van der Waals surface area contributed by atoms with Gasteiger partial charge in [0.15, 0.2) is 0 Å². The minimum absolute atomic E-state index is 0.0206. The minimum Gasteiger partial charge on any atom is -0.457 e. The maximum atomic E-state index is 12.9. The molecule has 2 saturated heterocycles. The van der Waals surface area contributed by atoms with Gasteiger partial charge in [-0.15, -0.1) is 0 Å². The molecule has 0 spiro atoms. The summed E-state index contributed by atoms with van der Waals surface area (Å²) in [6.07, 6.45) is 1.44. The minimum atomic E-state index is -0.555. The Bertz CT molecular complexity index is 1440. The summed E-state index contributed by atoms with van der Waals surface area (Å²) in [5.41, 5.74) is 2.13. The van der Waals surface area contributed by atoms with E-state index in [-0.39, 0.29) is 23.0 Å². The van der Waals surface area contributed by atoms with Crippen LogP contribution >= 0.6 is 11.8 Å². The van der Waals surface area contributed by atoms with Crippen molar-refractivity contribution in [3.05, 3.63) is 87.0 Å². The largest absolute Gasteiger partial charge is 0.457 e. The second-order valence-electron chi connectivity index (χ2n) is 8.93. The number of para-hydroxylation sites is 1. The van der Waals surface area contributed by atoms with Crippen LogP contribution in [-0.2, 0) is 9.59 Å². The molecule has 0 radical (unpaired) electrons. The lowest BCUT2D eigenvalue weighted by atomic mass is 10.1. The predicted octanol–water partition coefficient (Wildman–Crippen LogP) is 4.55. The molecule has 0 unspecified atom stereocenters. The summed E-state index contributed by atoms with van der Waals surface area (Å²) >= 11 is 0.747. The number of benzene rings is 2. The van der Waals surface area contributed by atoms with Crippen LogP contribution in [-0.4, -0.2) is 64.5 Å². The van der Waals surface area contributed by atoms with Crippen molar-refractivity contribution in [2.75, 3.05) is 37.6 Å². The summed E-state index contributed by atoms with van der Waals surface area (Å²) in [7, 11) is 0. The lowest BCUT2D eigenvalue weighted by Gasteiger charge is -2.36. The second kappa shape index (κ2) is 10.5. The Kier molecular flexibility index (Phi) is 7.01. The SMILES string of the molecule is Cc1ccc(-c2ccc(/C=C3/SC(=O)N(CC(=O)N4CCN(c5ccccc5)CC4)C3=O)o2)cc1[N+](=O)[O-]. The molecule has 2 aromatic carbocycles. The van der Waals surface area contributed by atoms with Crippen LogP contribution in [0.4, 0.5) is 16.2 Å². The number of nitrogens with zero attached hydrogens (tertiary/aromatic N) is 4. The van der Waals surface area contributed by atoms with Crippen molar-refractivity contribution in [1.82, 2.24) is 9.80 Å². The Morgan fingerprint density at radius 1 is 1.05 bits per heavy atom. The summed E-state index contributed by atoms with van der Waals surface area (Å²) in [4.78, 5) is 54.1. The Labute approximate surface area is 222 Å². The fraction of sp³-hybridized carbons (Fsp3) is 0.222. The third-order valence-electron chi connectivity index (χ3n) is 6.51. The number of rotatable bonds is 6.